The van der Waals surface area contributed by atoms with Crippen molar-refractivity contribution in [3.63, 3.8) is 0 Å². The fourth-order valence-electron chi connectivity index (χ4n) is 3.45. The number of benzene rings is 2. The molecule has 2 amide bonds. The average Bonchev–Trinajstić information content (AvgIpc) is 2.89. The van der Waals surface area contributed by atoms with Crippen molar-refractivity contribution in [2.24, 2.45) is 0 Å². The Morgan fingerprint density at radius 2 is 1.77 bits per heavy atom. The first kappa shape index (κ1) is 23.6. The predicted octanol–water partition coefficient (Wildman–Crippen LogP) is 4.43. The summed E-state index contributed by atoms with van der Waals surface area (Å²) in [5.41, 5.74) is 3.38. The van der Waals surface area contributed by atoms with Crippen molar-refractivity contribution < 1.29 is 14.3 Å². The molecule has 0 aliphatic heterocycles. The van der Waals surface area contributed by atoms with E-state index in [4.69, 9.17) is 4.74 Å². The Labute approximate surface area is 203 Å². The zero-order valence-electron chi connectivity index (χ0n) is 19.5. The van der Waals surface area contributed by atoms with Crippen LogP contribution in [0.25, 0.3) is 11.3 Å². The Morgan fingerprint density at radius 1 is 0.943 bits per heavy atom. The molecule has 0 atom stereocenters. The van der Waals surface area contributed by atoms with Gasteiger partial charge in [0.25, 0.3) is 5.91 Å². The van der Waals surface area contributed by atoms with Gasteiger partial charge in [-0.1, -0.05) is 25.1 Å². The fourth-order valence-corrected chi connectivity index (χ4v) is 3.45. The van der Waals surface area contributed by atoms with E-state index in [-0.39, 0.29) is 18.2 Å². The first-order chi connectivity index (χ1) is 17.1. The van der Waals surface area contributed by atoms with Gasteiger partial charge in [-0.3, -0.25) is 9.59 Å². The Morgan fingerprint density at radius 3 is 2.54 bits per heavy atom. The Balaban J connectivity index is 1.42. The number of nitrogens with zero attached hydrogens (tertiary/aromatic N) is 3. The number of amides is 2. The van der Waals surface area contributed by atoms with E-state index in [9.17, 15) is 9.59 Å². The first-order valence-corrected chi connectivity index (χ1v) is 11.2. The highest BCUT2D eigenvalue weighted by Gasteiger charge is 2.12. The van der Waals surface area contributed by atoms with Crippen molar-refractivity contribution in [1.29, 1.82) is 0 Å². The monoisotopic (exact) mass is 467 g/mol. The molecule has 2 aromatic carbocycles. The highest BCUT2D eigenvalue weighted by atomic mass is 16.5. The molecule has 176 valence electrons. The van der Waals surface area contributed by atoms with Gasteiger partial charge in [0, 0.05) is 37.1 Å². The van der Waals surface area contributed by atoms with E-state index in [1.54, 1.807) is 55.8 Å². The SMILES string of the molecule is CCc1nccc(-c2cccnc2Oc2ccc(CC(=O)Nc3cccc(C(=O)NC)c3)cc2)n1. The van der Waals surface area contributed by atoms with Crippen LogP contribution in [0.1, 0.15) is 28.7 Å². The molecule has 0 radical (unpaired) electrons. The highest BCUT2D eigenvalue weighted by Crippen LogP contribution is 2.30. The molecule has 8 heteroatoms. The lowest BCUT2D eigenvalue weighted by Crippen LogP contribution is -2.19. The molecule has 35 heavy (non-hydrogen) atoms. The van der Waals surface area contributed by atoms with Crippen LogP contribution in [0.4, 0.5) is 5.69 Å². The maximum absolute atomic E-state index is 12.5. The van der Waals surface area contributed by atoms with E-state index in [0.717, 1.165) is 29.1 Å². The van der Waals surface area contributed by atoms with Gasteiger partial charge in [-0.05, 0) is 54.1 Å². The minimum absolute atomic E-state index is 0.181. The van der Waals surface area contributed by atoms with Gasteiger partial charge in [0.15, 0.2) is 0 Å². The minimum Gasteiger partial charge on any atom is -0.438 e. The molecule has 0 aliphatic rings. The first-order valence-electron chi connectivity index (χ1n) is 11.2. The summed E-state index contributed by atoms with van der Waals surface area (Å²) in [4.78, 5) is 37.5. The van der Waals surface area contributed by atoms with Gasteiger partial charge in [0.05, 0.1) is 17.7 Å². The second-order valence-corrected chi connectivity index (χ2v) is 7.70. The van der Waals surface area contributed by atoms with Crippen molar-refractivity contribution in [2.45, 2.75) is 19.8 Å². The molecular weight excluding hydrogens is 442 g/mol. The average molecular weight is 468 g/mol. The second-order valence-electron chi connectivity index (χ2n) is 7.70. The molecule has 0 spiro atoms. The zero-order chi connectivity index (χ0) is 24.6. The smallest absolute Gasteiger partial charge is 0.251 e. The van der Waals surface area contributed by atoms with Crippen molar-refractivity contribution in [3.05, 3.63) is 96.1 Å². The summed E-state index contributed by atoms with van der Waals surface area (Å²) < 4.78 is 6.03. The van der Waals surface area contributed by atoms with E-state index < -0.39 is 0 Å². The molecule has 0 bridgehead atoms. The molecule has 8 nitrogen and oxygen atoms in total. The van der Waals surface area contributed by atoms with Crippen molar-refractivity contribution in [2.75, 3.05) is 12.4 Å². The third-order valence-electron chi connectivity index (χ3n) is 5.21. The molecule has 0 saturated carbocycles. The van der Waals surface area contributed by atoms with Crippen LogP contribution in [0.15, 0.2) is 79.1 Å². The van der Waals surface area contributed by atoms with Crippen LogP contribution in [0.2, 0.25) is 0 Å². The molecule has 4 rings (SSSR count). The number of nitrogens with one attached hydrogen (secondary N) is 2. The Bertz CT molecular complexity index is 1340. The van der Waals surface area contributed by atoms with Gasteiger partial charge < -0.3 is 15.4 Å². The summed E-state index contributed by atoms with van der Waals surface area (Å²) >= 11 is 0. The van der Waals surface area contributed by atoms with E-state index in [0.29, 0.717) is 22.9 Å². The number of aromatic nitrogens is 3. The van der Waals surface area contributed by atoms with Gasteiger partial charge in [0.1, 0.15) is 11.6 Å². The molecule has 2 heterocycles. The third-order valence-corrected chi connectivity index (χ3v) is 5.21. The molecule has 4 aromatic rings. The predicted molar refractivity (Wildman–Crippen MR) is 133 cm³/mol. The van der Waals surface area contributed by atoms with Crippen molar-refractivity contribution >= 4 is 17.5 Å². The Kier molecular flexibility index (Phi) is 7.42. The fraction of sp³-hybridized carbons (Fsp3) is 0.148. The van der Waals surface area contributed by atoms with Crippen LogP contribution in [0.3, 0.4) is 0 Å². The molecule has 0 fully saturated rings. The largest absolute Gasteiger partial charge is 0.438 e. The molecule has 0 saturated heterocycles. The number of hydrogen-bond acceptors (Lipinski definition) is 6. The number of rotatable bonds is 8. The summed E-state index contributed by atoms with van der Waals surface area (Å²) in [6.45, 7) is 2.00. The molecule has 0 unspecified atom stereocenters. The van der Waals surface area contributed by atoms with Crippen LogP contribution >= 0.6 is 0 Å². The summed E-state index contributed by atoms with van der Waals surface area (Å²) in [5, 5.41) is 5.39. The van der Waals surface area contributed by atoms with Crippen LogP contribution < -0.4 is 15.4 Å². The van der Waals surface area contributed by atoms with E-state index in [1.807, 2.05) is 37.3 Å². The third kappa shape index (κ3) is 6.05. The number of ether oxygens (including phenoxy) is 1. The topological polar surface area (TPSA) is 106 Å². The summed E-state index contributed by atoms with van der Waals surface area (Å²) in [7, 11) is 1.56. The van der Waals surface area contributed by atoms with Crippen LogP contribution in [0, 0.1) is 0 Å². The molecule has 2 N–H and O–H groups in total. The highest BCUT2D eigenvalue weighted by molar-refractivity contribution is 5.97. The number of carbonyl (C=O) groups is 2. The maximum atomic E-state index is 12.5. The summed E-state index contributed by atoms with van der Waals surface area (Å²) in [6.07, 6.45) is 4.31. The van der Waals surface area contributed by atoms with Gasteiger partial charge >= 0.3 is 0 Å². The van der Waals surface area contributed by atoms with E-state index >= 15 is 0 Å². The molecule has 2 aromatic heterocycles. The lowest BCUT2D eigenvalue weighted by Gasteiger charge is -2.11. The second kappa shape index (κ2) is 11.0. The number of anilines is 1. The maximum Gasteiger partial charge on any atom is 0.251 e. The lowest BCUT2D eigenvalue weighted by atomic mass is 10.1. The van der Waals surface area contributed by atoms with Gasteiger partial charge in [-0.15, -0.1) is 0 Å². The van der Waals surface area contributed by atoms with Crippen LogP contribution in [0.5, 0.6) is 11.6 Å². The van der Waals surface area contributed by atoms with Crippen molar-refractivity contribution in [1.82, 2.24) is 20.3 Å². The molecule has 0 aliphatic carbocycles. The van der Waals surface area contributed by atoms with E-state index in [1.165, 1.54) is 0 Å². The Hall–Kier alpha value is -4.59. The standard InChI is InChI=1S/C27H25N5O3/c1-3-24-29-15-13-23(32-24)22-8-5-14-30-27(22)35-21-11-9-18(10-12-21)16-25(33)31-20-7-4-6-19(17-20)26(34)28-2/h4-15,17H,3,16H2,1-2H3,(H,28,34)(H,31,33). The van der Waals surface area contributed by atoms with Gasteiger partial charge in [-0.25, -0.2) is 15.0 Å². The van der Waals surface area contributed by atoms with Crippen LogP contribution in [-0.2, 0) is 17.6 Å². The lowest BCUT2D eigenvalue weighted by molar-refractivity contribution is -0.115. The minimum atomic E-state index is -0.210. The van der Waals surface area contributed by atoms with Crippen molar-refractivity contribution in [3.8, 4) is 22.9 Å². The number of carbonyl (C=O) groups excluding carboxylic acids is 2. The van der Waals surface area contributed by atoms with E-state index in [2.05, 4.69) is 25.6 Å². The number of aryl methyl sites for hydroxylation is 1. The zero-order valence-corrected chi connectivity index (χ0v) is 19.5. The van der Waals surface area contributed by atoms with Crippen LogP contribution in [-0.4, -0.2) is 33.8 Å². The summed E-state index contributed by atoms with van der Waals surface area (Å²) in [5.74, 6) is 1.39. The summed E-state index contributed by atoms with van der Waals surface area (Å²) in [6, 6.07) is 19.6. The van der Waals surface area contributed by atoms with Gasteiger partial charge in [-0.2, -0.15) is 0 Å². The quantitative estimate of drug-likeness (QED) is 0.397. The normalized spacial score (nSPS) is 10.5. The van der Waals surface area contributed by atoms with Gasteiger partial charge in [0.2, 0.25) is 11.8 Å². The number of hydrogen-bond donors (Lipinski definition) is 2. The molecular formula is C27H25N5O3. The number of pyridine rings is 1.